The first-order valence-corrected chi connectivity index (χ1v) is 7.99. The van der Waals surface area contributed by atoms with Crippen molar-refractivity contribution in [3.05, 3.63) is 41.0 Å². The van der Waals surface area contributed by atoms with E-state index in [2.05, 4.69) is 34.2 Å². The molecule has 0 saturated heterocycles. The summed E-state index contributed by atoms with van der Waals surface area (Å²) in [6.07, 6.45) is 0.756. The van der Waals surface area contributed by atoms with Gasteiger partial charge in [0.15, 0.2) is 5.82 Å². The van der Waals surface area contributed by atoms with E-state index in [1.165, 1.54) is 22.9 Å². The number of rotatable bonds is 5. The Hall–Kier alpha value is -2.15. The Labute approximate surface area is 132 Å². The topological polar surface area (TPSA) is 77.8 Å². The van der Waals surface area contributed by atoms with E-state index >= 15 is 0 Å². The molecular weight excluding hydrogens is 300 g/mol. The molecule has 0 atom stereocenters. The van der Waals surface area contributed by atoms with E-state index in [9.17, 15) is 0 Å². The van der Waals surface area contributed by atoms with Crippen LogP contribution in [0.5, 0.6) is 0 Å². The van der Waals surface area contributed by atoms with Crippen molar-refractivity contribution in [1.82, 2.24) is 20.3 Å². The van der Waals surface area contributed by atoms with Gasteiger partial charge in [-0.1, -0.05) is 29.9 Å². The van der Waals surface area contributed by atoms with Crippen LogP contribution in [0.15, 0.2) is 32.4 Å². The van der Waals surface area contributed by atoms with Gasteiger partial charge in [-0.15, -0.1) is 10.2 Å². The van der Waals surface area contributed by atoms with E-state index in [-0.39, 0.29) is 0 Å². The van der Waals surface area contributed by atoms with Gasteiger partial charge in [0.1, 0.15) is 0 Å². The molecule has 0 fully saturated rings. The summed E-state index contributed by atoms with van der Waals surface area (Å²) in [4.78, 5) is 4.24. The monoisotopic (exact) mass is 316 g/mol. The van der Waals surface area contributed by atoms with Crippen molar-refractivity contribution in [2.24, 2.45) is 0 Å². The van der Waals surface area contributed by atoms with Gasteiger partial charge in [0.25, 0.3) is 5.22 Å². The number of aromatic nitrogens is 4. The van der Waals surface area contributed by atoms with Crippen LogP contribution in [0.3, 0.4) is 0 Å². The summed E-state index contributed by atoms with van der Waals surface area (Å²) in [5.74, 6) is 2.30. The first-order valence-electron chi connectivity index (χ1n) is 7.01. The third-order valence-electron chi connectivity index (χ3n) is 3.31. The fourth-order valence-electron chi connectivity index (χ4n) is 1.88. The molecule has 0 bridgehead atoms. The summed E-state index contributed by atoms with van der Waals surface area (Å²) in [5, 5.41) is 12.5. The lowest BCUT2D eigenvalue weighted by molar-refractivity contribution is 0.384. The Bertz CT molecular complexity index is 781. The Balaban J connectivity index is 1.69. The van der Waals surface area contributed by atoms with Gasteiger partial charge in [0.2, 0.25) is 11.8 Å². The number of nitrogens with zero attached hydrogens (tertiary/aromatic N) is 4. The predicted octanol–water partition coefficient (Wildman–Crippen LogP) is 3.59. The van der Waals surface area contributed by atoms with Crippen LogP contribution in [0.1, 0.15) is 29.8 Å². The molecule has 0 radical (unpaired) electrons. The van der Waals surface area contributed by atoms with Gasteiger partial charge >= 0.3 is 0 Å². The zero-order chi connectivity index (χ0) is 15.5. The van der Waals surface area contributed by atoms with E-state index in [4.69, 9.17) is 8.94 Å². The first kappa shape index (κ1) is 14.8. The van der Waals surface area contributed by atoms with Crippen LogP contribution >= 0.6 is 11.8 Å². The van der Waals surface area contributed by atoms with Crippen molar-refractivity contribution in [2.75, 3.05) is 0 Å². The van der Waals surface area contributed by atoms with E-state index < -0.39 is 0 Å². The number of aryl methyl sites for hydroxylation is 3. The molecule has 1 aromatic carbocycles. The van der Waals surface area contributed by atoms with Gasteiger partial charge < -0.3 is 8.94 Å². The normalized spacial score (nSPS) is 11.0. The maximum absolute atomic E-state index is 5.67. The van der Waals surface area contributed by atoms with Crippen LogP contribution in [-0.2, 0) is 12.2 Å². The van der Waals surface area contributed by atoms with E-state index in [0.717, 1.165) is 12.0 Å². The van der Waals surface area contributed by atoms with Crippen LogP contribution in [0, 0.1) is 13.8 Å². The minimum Gasteiger partial charge on any atom is -0.411 e. The first-order chi connectivity index (χ1) is 10.7. The Morgan fingerprint density at radius 3 is 2.73 bits per heavy atom. The van der Waals surface area contributed by atoms with Crippen molar-refractivity contribution >= 4 is 11.8 Å². The number of benzene rings is 1. The second-order valence-electron chi connectivity index (χ2n) is 4.92. The molecule has 3 aromatic rings. The molecule has 0 N–H and O–H groups in total. The lowest BCUT2D eigenvalue weighted by Crippen LogP contribution is -1.84. The maximum Gasteiger partial charge on any atom is 0.277 e. The molecule has 3 rings (SSSR count). The molecule has 2 aromatic heterocycles. The fourth-order valence-corrected chi connectivity index (χ4v) is 2.48. The van der Waals surface area contributed by atoms with Crippen LogP contribution in [0.2, 0.25) is 0 Å². The third kappa shape index (κ3) is 3.19. The summed E-state index contributed by atoms with van der Waals surface area (Å²) in [5.41, 5.74) is 3.36. The molecule has 0 unspecified atom stereocenters. The average molecular weight is 316 g/mol. The largest absolute Gasteiger partial charge is 0.411 e. The standard InChI is InChI=1S/C15H16N4O2S/c1-4-12-16-13(21-19-12)8-22-15-18-17-14(20-15)11-6-5-9(2)10(3)7-11/h5-7H,4,8H2,1-3H3. The number of hydrogen-bond acceptors (Lipinski definition) is 7. The minimum atomic E-state index is 0.490. The third-order valence-corrected chi connectivity index (χ3v) is 4.11. The van der Waals surface area contributed by atoms with Crippen molar-refractivity contribution in [1.29, 1.82) is 0 Å². The van der Waals surface area contributed by atoms with Crippen molar-refractivity contribution in [3.8, 4) is 11.5 Å². The highest BCUT2D eigenvalue weighted by Gasteiger charge is 2.12. The van der Waals surface area contributed by atoms with E-state index in [1.807, 2.05) is 25.1 Å². The molecule has 2 heterocycles. The smallest absolute Gasteiger partial charge is 0.277 e. The molecular formula is C15H16N4O2S. The second-order valence-corrected chi connectivity index (χ2v) is 5.85. The minimum absolute atomic E-state index is 0.490. The van der Waals surface area contributed by atoms with Gasteiger partial charge in [-0.3, -0.25) is 0 Å². The predicted molar refractivity (Wildman–Crippen MR) is 82.4 cm³/mol. The lowest BCUT2D eigenvalue weighted by atomic mass is 10.1. The second kappa shape index (κ2) is 6.31. The lowest BCUT2D eigenvalue weighted by Gasteiger charge is -2.00. The molecule has 22 heavy (non-hydrogen) atoms. The highest BCUT2D eigenvalue weighted by molar-refractivity contribution is 7.98. The van der Waals surface area contributed by atoms with Crippen LogP contribution < -0.4 is 0 Å². The van der Waals surface area contributed by atoms with Gasteiger partial charge in [-0.05, 0) is 37.1 Å². The Morgan fingerprint density at radius 1 is 1.14 bits per heavy atom. The molecule has 0 aliphatic carbocycles. The van der Waals surface area contributed by atoms with Crippen LogP contribution in [0.4, 0.5) is 0 Å². The van der Waals surface area contributed by atoms with Crippen molar-refractivity contribution in [3.63, 3.8) is 0 Å². The maximum atomic E-state index is 5.67. The van der Waals surface area contributed by atoms with E-state index in [1.54, 1.807) is 0 Å². The molecule has 114 valence electrons. The Kier molecular flexibility index (Phi) is 4.24. The molecule has 0 amide bonds. The van der Waals surface area contributed by atoms with Gasteiger partial charge in [-0.2, -0.15) is 4.98 Å². The molecule has 7 heteroatoms. The molecule has 0 saturated carbocycles. The summed E-state index contributed by atoms with van der Waals surface area (Å²) >= 11 is 1.38. The summed E-state index contributed by atoms with van der Waals surface area (Å²) in [7, 11) is 0. The average Bonchev–Trinajstić information content (AvgIpc) is 3.16. The Morgan fingerprint density at radius 2 is 2.00 bits per heavy atom. The van der Waals surface area contributed by atoms with Crippen molar-refractivity contribution < 1.29 is 8.94 Å². The zero-order valence-corrected chi connectivity index (χ0v) is 13.5. The highest BCUT2D eigenvalue weighted by Crippen LogP contribution is 2.26. The zero-order valence-electron chi connectivity index (χ0n) is 12.7. The van der Waals surface area contributed by atoms with Gasteiger partial charge in [0, 0.05) is 12.0 Å². The van der Waals surface area contributed by atoms with Crippen molar-refractivity contribution in [2.45, 2.75) is 38.2 Å². The summed E-state index contributed by atoms with van der Waals surface area (Å²) < 4.78 is 10.8. The van der Waals surface area contributed by atoms with Crippen LogP contribution in [0.25, 0.3) is 11.5 Å². The SMILES string of the molecule is CCc1noc(CSc2nnc(-c3ccc(C)c(C)c3)o2)n1. The van der Waals surface area contributed by atoms with Gasteiger partial charge in [-0.25, -0.2) is 0 Å². The quantitative estimate of drug-likeness (QED) is 0.665. The van der Waals surface area contributed by atoms with Crippen LogP contribution in [-0.4, -0.2) is 20.3 Å². The molecule has 0 aliphatic heterocycles. The number of hydrogen-bond donors (Lipinski definition) is 0. The number of thioether (sulfide) groups is 1. The highest BCUT2D eigenvalue weighted by atomic mass is 32.2. The van der Waals surface area contributed by atoms with Gasteiger partial charge in [0.05, 0.1) is 5.75 Å². The molecule has 0 aliphatic rings. The fraction of sp³-hybridized carbons (Fsp3) is 0.333. The van der Waals surface area contributed by atoms with E-state index in [0.29, 0.717) is 28.6 Å². The summed E-state index contributed by atoms with van der Waals surface area (Å²) in [6, 6.07) is 6.07. The summed E-state index contributed by atoms with van der Waals surface area (Å²) in [6.45, 7) is 6.12. The molecule has 0 spiro atoms. The molecule has 6 nitrogen and oxygen atoms in total.